The van der Waals surface area contributed by atoms with E-state index in [2.05, 4.69) is 3.63 Å². The zero-order valence-corrected chi connectivity index (χ0v) is 14.3. The Bertz CT molecular complexity index is 703. The topological polar surface area (TPSA) is 127 Å². The average molecular weight is 407 g/mol. The number of aliphatic hydroxyl groups is 2. The Hall–Kier alpha value is -1.41. The lowest BCUT2D eigenvalue weighted by molar-refractivity contribution is -0.384. The minimum atomic E-state index is -5.97. The minimum absolute atomic E-state index is 0.156. The molecule has 0 fully saturated rings. The maximum Gasteiger partial charge on any atom is 0.523 e. The second kappa shape index (κ2) is 8.31. The van der Waals surface area contributed by atoms with Crippen LogP contribution in [0.3, 0.4) is 0 Å². The van der Waals surface area contributed by atoms with E-state index in [0.717, 1.165) is 12.1 Å². The smallest absolute Gasteiger partial charge is 0.395 e. The summed E-state index contributed by atoms with van der Waals surface area (Å²) in [7, 11) is -9.13. The summed E-state index contributed by atoms with van der Waals surface area (Å²) in [5, 5.41) is 29.0. The maximum atomic E-state index is 12.6. The molecule has 144 valence electrons. The molecule has 0 amide bonds. The molecule has 0 atom stereocenters. The van der Waals surface area contributed by atoms with Crippen LogP contribution in [0.4, 0.5) is 18.9 Å². The van der Waals surface area contributed by atoms with Crippen molar-refractivity contribution in [3.63, 3.8) is 0 Å². The van der Waals surface area contributed by atoms with Gasteiger partial charge >= 0.3 is 15.6 Å². The van der Waals surface area contributed by atoms with Gasteiger partial charge in [0, 0.05) is 29.4 Å². The second-order valence-electron chi connectivity index (χ2n) is 4.86. The molecule has 13 heteroatoms. The molecule has 0 unspecified atom stereocenters. The Morgan fingerprint density at radius 3 is 2.16 bits per heavy atom. The number of halogens is 3. The highest BCUT2D eigenvalue weighted by molar-refractivity contribution is 8.32. The Labute approximate surface area is 143 Å². The number of benzene rings is 1. The van der Waals surface area contributed by atoms with Gasteiger partial charge in [0.25, 0.3) is 5.69 Å². The highest BCUT2D eigenvalue weighted by Gasteiger charge is 2.50. The van der Waals surface area contributed by atoms with Crippen molar-refractivity contribution >= 4 is 26.1 Å². The quantitative estimate of drug-likeness (QED) is 0.362. The van der Waals surface area contributed by atoms with Gasteiger partial charge in [-0.2, -0.15) is 21.6 Å². The third kappa shape index (κ3) is 5.81. The number of alkyl halides is 3. The van der Waals surface area contributed by atoms with Gasteiger partial charge in [0.05, 0.1) is 18.1 Å². The van der Waals surface area contributed by atoms with Gasteiger partial charge in [-0.05, 0) is 5.56 Å². The number of hydrogen-bond donors (Lipinski definition) is 2. The van der Waals surface area contributed by atoms with E-state index in [9.17, 15) is 31.7 Å². The fourth-order valence-corrected chi connectivity index (χ4v) is 6.47. The van der Waals surface area contributed by atoms with Crippen LogP contribution in [-0.4, -0.2) is 53.8 Å². The number of non-ortho nitro benzene ring substituents is 1. The SMILES string of the molecule is O=[N+]([O-])c1cccc(CS(CCO)(CCO)OS(=O)(=O)C(F)(F)F)c1. The van der Waals surface area contributed by atoms with Crippen LogP contribution in [-0.2, 0) is 19.5 Å². The summed E-state index contributed by atoms with van der Waals surface area (Å²) in [6.07, 6.45) is 0. The van der Waals surface area contributed by atoms with Crippen LogP contribution >= 0.6 is 10.3 Å². The van der Waals surface area contributed by atoms with E-state index in [1.54, 1.807) is 0 Å². The van der Waals surface area contributed by atoms with E-state index >= 15 is 0 Å². The van der Waals surface area contributed by atoms with E-state index in [1.165, 1.54) is 12.1 Å². The number of rotatable bonds is 9. The molecule has 8 nitrogen and oxygen atoms in total. The van der Waals surface area contributed by atoms with Gasteiger partial charge in [-0.15, -0.1) is 10.3 Å². The molecule has 0 bridgehead atoms. The molecule has 0 radical (unpaired) electrons. The molecule has 0 aliphatic rings. The molecule has 0 aromatic heterocycles. The summed E-state index contributed by atoms with van der Waals surface area (Å²) < 4.78 is 65.1. The molecule has 2 N–H and O–H groups in total. The predicted molar refractivity (Wildman–Crippen MR) is 84.4 cm³/mol. The van der Waals surface area contributed by atoms with Gasteiger partial charge in [0.2, 0.25) is 0 Å². The van der Waals surface area contributed by atoms with Crippen LogP contribution in [0.1, 0.15) is 5.56 Å². The van der Waals surface area contributed by atoms with E-state index < -0.39 is 61.3 Å². The average Bonchev–Trinajstić information content (AvgIpc) is 2.46. The van der Waals surface area contributed by atoms with Gasteiger partial charge in [0.15, 0.2) is 0 Å². The fourth-order valence-electron chi connectivity index (χ4n) is 1.96. The monoisotopic (exact) mass is 407 g/mol. The first-order chi connectivity index (χ1) is 11.5. The standard InChI is InChI=1S/C12H16F3NO7S2/c13-12(14,15)25(21,22)23-24(6-4-17,7-5-18)9-10-2-1-3-11(8-10)16(19)20/h1-3,8,17-18H,4-7,9H2. The van der Waals surface area contributed by atoms with Crippen LogP contribution in [0, 0.1) is 10.1 Å². The highest BCUT2D eigenvalue weighted by atomic mass is 32.3. The number of nitro benzene ring substituents is 1. The zero-order valence-electron chi connectivity index (χ0n) is 12.7. The second-order valence-corrected chi connectivity index (χ2v) is 9.81. The minimum Gasteiger partial charge on any atom is -0.395 e. The Kier molecular flexibility index (Phi) is 7.19. The Morgan fingerprint density at radius 1 is 1.16 bits per heavy atom. The Balaban J connectivity index is 3.28. The van der Waals surface area contributed by atoms with Crippen LogP contribution < -0.4 is 0 Å². The Morgan fingerprint density at radius 2 is 1.72 bits per heavy atom. The van der Waals surface area contributed by atoms with E-state index in [0.29, 0.717) is 0 Å². The molecule has 1 aromatic rings. The number of nitrogens with zero attached hydrogens (tertiary/aromatic N) is 1. The van der Waals surface area contributed by atoms with E-state index in [-0.39, 0.29) is 11.3 Å². The number of hydrogen-bond acceptors (Lipinski definition) is 7. The molecular weight excluding hydrogens is 391 g/mol. The molecule has 0 heterocycles. The largest absolute Gasteiger partial charge is 0.523 e. The van der Waals surface area contributed by atoms with Crippen molar-refractivity contribution in [1.82, 2.24) is 0 Å². The van der Waals surface area contributed by atoms with Crippen molar-refractivity contribution in [3.05, 3.63) is 39.9 Å². The first kappa shape index (κ1) is 21.6. The summed E-state index contributed by atoms with van der Waals surface area (Å²) in [5.74, 6) is -1.32. The summed E-state index contributed by atoms with van der Waals surface area (Å²) in [5.41, 5.74) is -5.85. The number of aliphatic hydroxyl groups excluding tert-OH is 2. The van der Waals surface area contributed by atoms with Crippen molar-refractivity contribution < 1.29 is 40.4 Å². The molecule has 25 heavy (non-hydrogen) atoms. The summed E-state index contributed by atoms with van der Waals surface area (Å²) in [6, 6.07) is 4.87. The van der Waals surface area contributed by atoms with Crippen LogP contribution in [0.2, 0.25) is 0 Å². The zero-order chi connectivity index (χ0) is 19.3. The highest BCUT2D eigenvalue weighted by Crippen LogP contribution is 2.54. The van der Waals surface area contributed by atoms with E-state index in [1.807, 2.05) is 0 Å². The molecule has 1 aromatic carbocycles. The van der Waals surface area contributed by atoms with Crippen LogP contribution in [0.15, 0.2) is 24.3 Å². The normalized spacial score (nSPS) is 13.6. The molecule has 0 saturated heterocycles. The third-order valence-electron chi connectivity index (χ3n) is 3.00. The predicted octanol–water partition coefficient (Wildman–Crippen LogP) is 1.67. The van der Waals surface area contributed by atoms with Gasteiger partial charge in [-0.25, -0.2) is 3.63 Å². The van der Waals surface area contributed by atoms with Gasteiger partial charge in [-0.1, -0.05) is 12.1 Å². The van der Waals surface area contributed by atoms with Gasteiger partial charge in [-0.3, -0.25) is 10.1 Å². The molecular formula is C12H16F3NO7S2. The molecule has 0 aliphatic carbocycles. The van der Waals surface area contributed by atoms with Crippen molar-refractivity contribution in [2.45, 2.75) is 11.3 Å². The van der Waals surface area contributed by atoms with Crippen LogP contribution in [0.5, 0.6) is 0 Å². The number of nitro groups is 1. The van der Waals surface area contributed by atoms with E-state index in [4.69, 9.17) is 10.2 Å². The third-order valence-corrected chi connectivity index (χ3v) is 8.15. The lowest BCUT2D eigenvalue weighted by Gasteiger charge is -2.37. The lowest BCUT2D eigenvalue weighted by Crippen LogP contribution is -2.30. The van der Waals surface area contributed by atoms with Crippen molar-refractivity contribution in [3.8, 4) is 0 Å². The summed E-state index contributed by atoms with van der Waals surface area (Å²) in [4.78, 5) is 10.1. The van der Waals surface area contributed by atoms with Crippen molar-refractivity contribution in [1.29, 1.82) is 0 Å². The molecule has 0 saturated carbocycles. The molecule has 0 spiro atoms. The molecule has 1 rings (SSSR count). The first-order valence-corrected chi connectivity index (χ1v) is 10.2. The van der Waals surface area contributed by atoms with Crippen molar-refractivity contribution in [2.75, 3.05) is 24.7 Å². The summed E-state index contributed by atoms with van der Waals surface area (Å²) >= 11 is 0. The van der Waals surface area contributed by atoms with Crippen LogP contribution in [0.25, 0.3) is 0 Å². The lowest BCUT2D eigenvalue weighted by atomic mass is 10.2. The van der Waals surface area contributed by atoms with Gasteiger partial charge in [0.1, 0.15) is 0 Å². The molecule has 0 aliphatic heterocycles. The first-order valence-electron chi connectivity index (χ1n) is 6.70. The summed E-state index contributed by atoms with van der Waals surface area (Å²) in [6.45, 7) is -1.37. The van der Waals surface area contributed by atoms with Crippen molar-refractivity contribution in [2.24, 2.45) is 0 Å². The van der Waals surface area contributed by atoms with Gasteiger partial charge < -0.3 is 10.2 Å². The fraction of sp³-hybridized carbons (Fsp3) is 0.500. The maximum absolute atomic E-state index is 12.6.